The molecule has 2 aromatic heterocycles. The Hall–Kier alpha value is -1.06. The van der Waals surface area contributed by atoms with Crippen LogP contribution in [0.25, 0.3) is 0 Å². The summed E-state index contributed by atoms with van der Waals surface area (Å²) >= 11 is 1.80. The Bertz CT molecular complexity index is 419. The molecule has 0 aromatic carbocycles. The second-order valence-electron chi connectivity index (χ2n) is 3.91. The number of thiophene rings is 1. The molecule has 0 aliphatic carbocycles. The van der Waals surface area contributed by atoms with E-state index in [9.17, 15) is 0 Å². The lowest BCUT2D eigenvalue weighted by Crippen LogP contribution is -2.22. The molecule has 0 bridgehead atoms. The molecule has 0 radical (unpaired) electrons. The lowest BCUT2D eigenvalue weighted by molar-refractivity contribution is 0.550. The first-order valence-electron chi connectivity index (χ1n) is 5.62. The fourth-order valence-electron chi connectivity index (χ4n) is 1.77. The van der Waals surface area contributed by atoms with Gasteiger partial charge >= 0.3 is 0 Å². The summed E-state index contributed by atoms with van der Waals surface area (Å²) in [5.74, 6) is 0. The van der Waals surface area contributed by atoms with Crippen molar-refractivity contribution in [2.75, 3.05) is 6.54 Å². The van der Waals surface area contributed by atoms with Crippen LogP contribution < -0.4 is 5.32 Å². The summed E-state index contributed by atoms with van der Waals surface area (Å²) in [7, 11) is 0. The quantitative estimate of drug-likeness (QED) is 0.854. The Morgan fingerprint density at radius 3 is 2.88 bits per heavy atom. The third-order valence-electron chi connectivity index (χ3n) is 2.64. The predicted molar refractivity (Wildman–Crippen MR) is 67.9 cm³/mol. The van der Waals surface area contributed by atoms with Gasteiger partial charge in [0, 0.05) is 10.4 Å². The summed E-state index contributed by atoms with van der Waals surface area (Å²) in [6, 6.07) is 4.48. The van der Waals surface area contributed by atoms with Crippen molar-refractivity contribution in [3.63, 3.8) is 0 Å². The molecule has 0 fully saturated rings. The Morgan fingerprint density at radius 1 is 1.44 bits per heavy atom. The van der Waals surface area contributed by atoms with Crippen molar-refractivity contribution in [1.82, 2.24) is 5.32 Å². The Balaban J connectivity index is 2.25. The van der Waals surface area contributed by atoms with Crippen molar-refractivity contribution >= 4 is 11.3 Å². The van der Waals surface area contributed by atoms with Gasteiger partial charge in [-0.3, -0.25) is 0 Å². The van der Waals surface area contributed by atoms with E-state index in [0.29, 0.717) is 0 Å². The molecule has 0 aliphatic rings. The Morgan fingerprint density at radius 2 is 2.31 bits per heavy atom. The van der Waals surface area contributed by atoms with Crippen LogP contribution in [0, 0.1) is 6.92 Å². The van der Waals surface area contributed by atoms with Gasteiger partial charge < -0.3 is 9.73 Å². The molecule has 2 nitrogen and oxygen atoms in total. The van der Waals surface area contributed by atoms with E-state index >= 15 is 0 Å². The predicted octanol–water partition coefficient (Wildman–Crippen LogP) is 3.74. The van der Waals surface area contributed by atoms with Gasteiger partial charge in [-0.05, 0) is 43.0 Å². The number of hydrogen-bond donors (Lipinski definition) is 1. The number of aryl methyl sites for hydroxylation is 1. The molecule has 1 N–H and O–H groups in total. The van der Waals surface area contributed by atoms with Crippen LogP contribution in [-0.4, -0.2) is 6.54 Å². The van der Waals surface area contributed by atoms with Gasteiger partial charge in [0.15, 0.2) is 0 Å². The highest BCUT2D eigenvalue weighted by atomic mass is 32.1. The van der Waals surface area contributed by atoms with Crippen LogP contribution >= 0.6 is 11.3 Å². The summed E-state index contributed by atoms with van der Waals surface area (Å²) in [4.78, 5) is 1.38. The van der Waals surface area contributed by atoms with E-state index in [1.54, 1.807) is 17.6 Å². The lowest BCUT2D eigenvalue weighted by Gasteiger charge is -2.16. The molecule has 0 saturated carbocycles. The average molecular weight is 235 g/mol. The second kappa shape index (κ2) is 5.32. The average Bonchev–Trinajstić information content (AvgIpc) is 2.91. The van der Waals surface area contributed by atoms with Crippen molar-refractivity contribution in [3.8, 4) is 0 Å². The van der Waals surface area contributed by atoms with Gasteiger partial charge in [0.25, 0.3) is 0 Å². The number of furan rings is 1. The van der Waals surface area contributed by atoms with Gasteiger partial charge in [-0.2, -0.15) is 0 Å². The summed E-state index contributed by atoms with van der Waals surface area (Å²) in [5.41, 5.74) is 2.55. The molecule has 1 unspecified atom stereocenters. The molecule has 2 rings (SSSR count). The monoisotopic (exact) mass is 235 g/mol. The smallest absolute Gasteiger partial charge is 0.0954 e. The van der Waals surface area contributed by atoms with Crippen molar-refractivity contribution in [3.05, 3.63) is 46.0 Å². The van der Waals surface area contributed by atoms with E-state index in [1.807, 2.05) is 12.3 Å². The van der Waals surface area contributed by atoms with Gasteiger partial charge in [0.1, 0.15) is 0 Å². The topological polar surface area (TPSA) is 25.2 Å². The number of rotatable bonds is 5. The molecule has 3 heteroatoms. The summed E-state index contributed by atoms with van der Waals surface area (Å²) in [6.45, 7) is 5.36. The zero-order valence-electron chi connectivity index (χ0n) is 9.69. The van der Waals surface area contributed by atoms with E-state index in [2.05, 4.69) is 30.6 Å². The van der Waals surface area contributed by atoms with Crippen LogP contribution in [-0.2, 0) is 0 Å². The number of nitrogens with one attached hydrogen (secondary N) is 1. The minimum Gasteiger partial charge on any atom is -0.472 e. The summed E-state index contributed by atoms with van der Waals surface area (Å²) in [5, 5.41) is 5.71. The van der Waals surface area contributed by atoms with Crippen molar-refractivity contribution in [2.24, 2.45) is 0 Å². The molecule has 2 aromatic rings. The first-order valence-corrected chi connectivity index (χ1v) is 6.50. The van der Waals surface area contributed by atoms with Crippen molar-refractivity contribution < 1.29 is 4.42 Å². The molecule has 0 aliphatic heterocycles. The van der Waals surface area contributed by atoms with Gasteiger partial charge in [0.2, 0.25) is 0 Å². The van der Waals surface area contributed by atoms with Gasteiger partial charge in [-0.25, -0.2) is 0 Å². The van der Waals surface area contributed by atoms with Crippen molar-refractivity contribution in [2.45, 2.75) is 26.3 Å². The highest BCUT2D eigenvalue weighted by Crippen LogP contribution is 2.29. The molecular weight excluding hydrogens is 218 g/mol. The van der Waals surface area contributed by atoms with Crippen LogP contribution in [0.15, 0.2) is 34.5 Å². The van der Waals surface area contributed by atoms with E-state index in [-0.39, 0.29) is 6.04 Å². The molecule has 86 valence electrons. The van der Waals surface area contributed by atoms with Crippen LogP contribution in [0.1, 0.15) is 35.4 Å². The van der Waals surface area contributed by atoms with Crippen molar-refractivity contribution in [1.29, 1.82) is 0 Å². The van der Waals surface area contributed by atoms with Crippen LogP contribution in [0.4, 0.5) is 0 Å². The van der Waals surface area contributed by atoms with Crippen LogP contribution in [0.3, 0.4) is 0 Å². The maximum Gasteiger partial charge on any atom is 0.0954 e. The zero-order chi connectivity index (χ0) is 11.4. The highest BCUT2D eigenvalue weighted by Gasteiger charge is 2.17. The summed E-state index contributed by atoms with van der Waals surface area (Å²) in [6.07, 6.45) is 4.70. The fourth-order valence-corrected chi connectivity index (χ4v) is 2.80. The standard InChI is InChI=1S/C13H17NOS/c1-3-6-14-12(11-4-7-15-9-11)13-10(2)5-8-16-13/h4-5,7-9,12,14H,3,6H2,1-2H3. The first-order chi connectivity index (χ1) is 7.83. The lowest BCUT2D eigenvalue weighted by atomic mass is 10.1. The van der Waals surface area contributed by atoms with Gasteiger partial charge in [-0.1, -0.05) is 6.92 Å². The van der Waals surface area contributed by atoms with E-state index in [4.69, 9.17) is 4.42 Å². The molecule has 1 atom stereocenters. The minimum atomic E-state index is 0.277. The Kier molecular flexibility index (Phi) is 3.80. The van der Waals surface area contributed by atoms with E-state index < -0.39 is 0 Å². The van der Waals surface area contributed by atoms with Gasteiger partial charge in [-0.15, -0.1) is 11.3 Å². The van der Waals surface area contributed by atoms with E-state index in [1.165, 1.54) is 16.0 Å². The minimum absolute atomic E-state index is 0.277. The van der Waals surface area contributed by atoms with Gasteiger partial charge in [0.05, 0.1) is 18.6 Å². The maximum atomic E-state index is 5.18. The molecular formula is C13H17NOS. The molecule has 0 saturated heterocycles. The largest absolute Gasteiger partial charge is 0.472 e. The third-order valence-corrected chi connectivity index (χ3v) is 3.72. The van der Waals surface area contributed by atoms with E-state index in [0.717, 1.165) is 13.0 Å². The molecule has 0 spiro atoms. The normalized spacial score (nSPS) is 12.9. The molecule has 2 heterocycles. The fraction of sp³-hybridized carbons (Fsp3) is 0.385. The van der Waals surface area contributed by atoms with Crippen LogP contribution in [0.5, 0.6) is 0 Å². The third kappa shape index (κ3) is 2.36. The summed E-state index contributed by atoms with van der Waals surface area (Å²) < 4.78 is 5.18. The molecule has 16 heavy (non-hydrogen) atoms. The first kappa shape index (κ1) is 11.4. The maximum absolute atomic E-state index is 5.18. The van der Waals surface area contributed by atoms with Crippen LogP contribution in [0.2, 0.25) is 0 Å². The second-order valence-corrected chi connectivity index (χ2v) is 4.86. The highest BCUT2D eigenvalue weighted by molar-refractivity contribution is 7.10. The number of hydrogen-bond acceptors (Lipinski definition) is 3. The zero-order valence-corrected chi connectivity index (χ0v) is 10.5. The SMILES string of the molecule is CCCNC(c1ccoc1)c1sccc1C. The molecule has 0 amide bonds. The Labute approximate surface area is 100 Å².